The van der Waals surface area contributed by atoms with Crippen LogP contribution in [-0.2, 0) is 13.2 Å². The van der Waals surface area contributed by atoms with Crippen molar-refractivity contribution in [1.29, 1.82) is 0 Å². The molecule has 6 heteroatoms. The first-order chi connectivity index (χ1) is 13.4. The Labute approximate surface area is 170 Å². The zero-order valence-corrected chi connectivity index (χ0v) is 17.6. The van der Waals surface area contributed by atoms with Crippen LogP contribution in [0.3, 0.4) is 0 Å². The van der Waals surface area contributed by atoms with Crippen molar-refractivity contribution < 1.29 is 13.9 Å². The van der Waals surface area contributed by atoms with Crippen molar-refractivity contribution in [2.75, 3.05) is 6.54 Å². The molecule has 0 fully saturated rings. The highest BCUT2D eigenvalue weighted by molar-refractivity contribution is 7.09. The number of carbonyl (C=O) groups is 1. The van der Waals surface area contributed by atoms with Crippen LogP contribution in [0.15, 0.2) is 46.4 Å². The van der Waals surface area contributed by atoms with Crippen molar-refractivity contribution in [3.63, 3.8) is 0 Å². The second-order valence-electron chi connectivity index (χ2n) is 7.40. The van der Waals surface area contributed by atoms with Crippen LogP contribution >= 0.6 is 11.3 Å². The third-order valence-corrected chi connectivity index (χ3v) is 4.99. The van der Waals surface area contributed by atoms with E-state index in [9.17, 15) is 4.79 Å². The second-order valence-corrected chi connectivity index (χ2v) is 8.34. The number of benzene rings is 1. The summed E-state index contributed by atoms with van der Waals surface area (Å²) in [6, 6.07) is 9.58. The minimum atomic E-state index is -0.111. The van der Waals surface area contributed by atoms with E-state index in [1.165, 1.54) is 17.4 Å². The summed E-state index contributed by atoms with van der Waals surface area (Å²) in [4.78, 5) is 19.1. The largest absolute Gasteiger partial charge is 0.486 e. The Balaban J connectivity index is 1.65. The number of furan rings is 1. The van der Waals surface area contributed by atoms with E-state index in [1.807, 2.05) is 17.5 Å². The number of thiazole rings is 1. The van der Waals surface area contributed by atoms with Gasteiger partial charge in [-0.1, -0.05) is 19.9 Å². The maximum atomic E-state index is 12.7. The fourth-order valence-corrected chi connectivity index (χ4v) is 3.76. The van der Waals surface area contributed by atoms with E-state index < -0.39 is 0 Å². The molecule has 2 aromatic heterocycles. The van der Waals surface area contributed by atoms with Crippen LogP contribution in [0.2, 0.25) is 0 Å². The third-order valence-electron chi connectivity index (χ3n) is 4.11. The minimum absolute atomic E-state index is 0.111. The molecule has 0 saturated heterocycles. The molecule has 5 nitrogen and oxygen atoms in total. The van der Waals surface area contributed by atoms with Gasteiger partial charge in [0.25, 0.3) is 5.91 Å². The Kier molecular flexibility index (Phi) is 6.52. The SMILES string of the molecule is Cc1cc(C)cc(OCc2nc(CN(CC(C)C)C(=O)c3ccco3)cs2)c1. The predicted octanol–water partition coefficient (Wildman–Crippen LogP) is 5.23. The number of aryl methyl sites for hydroxylation is 2. The topological polar surface area (TPSA) is 55.6 Å². The van der Waals surface area contributed by atoms with Crippen LogP contribution in [0.4, 0.5) is 0 Å². The molecule has 0 aliphatic rings. The molecule has 0 aliphatic heterocycles. The number of ether oxygens (including phenoxy) is 1. The molecule has 0 unspecified atom stereocenters. The number of hydrogen-bond acceptors (Lipinski definition) is 5. The average molecular weight is 399 g/mol. The van der Waals surface area contributed by atoms with E-state index in [4.69, 9.17) is 9.15 Å². The number of hydrogen-bond donors (Lipinski definition) is 0. The molecule has 0 saturated carbocycles. The molecule has 0 radical (unpaired) electrons. The third kappa shape index (κ3) is 5.45. The Bertz CT molecular complexity index is 896. The Morgan fingerprint density at radius 3 is 2.64 bits per heavy atom. The van der Waals surface area contributed by atoms with Crippen LogP contribution in [-0.4, -0.2) is 22.3 Å². The molecule has 0 spiro atoms. The van der Waals surface area contributed by atoms with Gasteiger partial charge in [-0.25, -0.2) is 4.98 Å². The summed E-state index contributed by atoms with van der Waals surface area (Å²) in [6.45, 7) is 9.81. The molecule has 2 heterocycles. The molecule has 0 bridgehead atoms. The maximum Gasteiger partial charge on any atom is 0.289 e. The lowest BCUT2D eigenvalue weighted by Gasteiger charge is -2.22. The fraction of sp³-hybridized carbons (Fsp3) is 0.364. The van der Waals surface area contributed by atoms with Crippen molar-refractivity contribution >= 4 is 17.2 Å². The molecule has 1 amide bonds. The Hall–Kier alpha value is -2.60. The molecule has 3 rings (SSSR count). The lowest BCUT2D eigenvalue weighted by Crippen LogP contribution is -2.33. The van der Waals surface area contributed by atoms with Gasteiger partial charge >= 0.3 is 0 Å². The average Bonchev–Trinajstić information content (AvgIpc) is 3.29. The highest BCUT2D eigenvalue weighted by atomic mass is 32.1. The molecule has 3 aromatic rings. The first-order valence-corrected chi connectivity index (χ1v) is 10.3. The van der Waals surface area contributed by atoms with E-state index in [0.717, 1.165) is 16.5 Å². The van der Waals surface area contributed by atoms with Gasteiger partial charge in [-0.05, 0) is 55.2 Å². The summed E-state index contributed by atoms with van der Waals surface area (Å²) in [7, 11) is 0. The van der Waals surface area contributed by atoms with E-state index in [-0.39, 0.29) is 5.91 Å². The fourth-order valence-electron chi connectivity index (χ4n) is 3.06. The van der Waals surface area contributed by atoms with Gasteiger partial charge in [-0.3, -0.25) is 4.79 Å². The van der Waals surface area contributed by atoms with Crippen molar-refractivity contribution in [2.45, 2.75) is 40.8 Å². The quantitative estimate of drug-likeness (QED) is 0.521. The van der Waals surface area contributed by atoms with Crippen molar-refractivity contribution in [3.8, 4) is 5.75 Å². The monoisotopic (exact) mass is 398 g/mol. The van der Waals surface area contributed by atoms with Gasteiger partial charge in [0.15, 0.2) is 5.76 Å². The summed E-state index contributed by atoms with van der Waals surface area (Å²) >= 11 is 1.55. The molecule has 0 aliphatic carbocycles. The zero-order chi connectivity index (χ0) is 20.1. The summed E-state index contributed by atoms with van der Waals surface area (Å²) in [5.41, 5.74) is 3.22. The summed E-state index contributed by atoms with van der Waals surface area (Å²) in [6.07, 6.45) is 1.52. The first kappa shape index (κ1) is 20.1. The standard InChI is InChI=1S/C22H26N2O3S/c1-15(2)11-24(22(25)20-6-5-7-26-20)12-18-14-28-21(23-18)13-27-19-9-16(3)8-17(4)10-19/h5-10,14-15H,11-13H2,1-4H3. The molecule has 28 heavy (non-hydrogen) atoms. The van der Waals surface area contributed by atoms with Crippen molar-refractivity contribution in [2.24, 2.45) is 5.92 Å². The zero-order valence-electron chi connectivity index (χ0n) is 16.8. The van der Waals surface area contributed by atoms with Gasteiger partial charge in [0, 0.05) is 11.9 Å². The number of amides is 1. The minimum Gasteiger partial charge on any atom is -0.486 e. The van der Waals surface area contributed by atoms with E-state index in [0.29, 0.717) is 31.4 Å². The number of rotatable bonds is 8. The van der Waals surface area contributed by atoms with Crippen LogP contribution in [0.1, 0.15) is 46.2 Å². The van der Waals surface area contributed by atoms with E-state index in [2.05, 4.69) is 38.7 Å². The Morgan fingerprint density at radius 2 is 2.00 bits per heavy atom. The normalized spacial score (nSPS) is 11.0. The van der Waals surface area contributed by atoms with Gasteiger partial charge in [0.05, 0.1) is 18.5 Å². The van der Waals surface area contributed by atoms with E-state index in [1.54, 1.807) is 28.4 Å². The molecular formula is C22H26N2O3S. The summed E-state index contributed by atoms with van der Waals surface area (Å²) in [5.74, 6) is 1.45. The van der Waals surface area contributed by atoms with Crippen LogP contribution in [0.5, 0.6) is 5.75 Å². The van der Waals surface area contributed by atoms with Crippen molar-refractivity contribution in [1.82, 2.24) is 9.88 Å². The van der Waals surface area contributed by atoms with Crippen LogP contribution < -0.4 is 4.74 Å². The molecular weight excluding hydrogens is 372 g/mol. The summed E-state index contributed by atoms with van der Waals surface area (Å²) in [5, 5.41) is 2.88. The molecule has 148 valence electrons. The predicted molar refractivity (Wildman–Crippen MR) is 111 cm³/mol. The molecule has 1 aromatic carbocycles. The lowest BCUT2D eigenvalue weighted by atomic mass is 10.1. The highest BCUT2D eigenvalue weighted by Crippen LogP contribution is 2.20. The second kappa shape index (κ2) is 9.06. The van der Waals surface area contributed by atoms with E-state index >= 15 is 0 Å². The van der Waals surface area contributed by atoms with Crippen LogP contribution in [0.25, 0.3) is 0 Å². The Morgan fingerprint density at radius 1 is 1.25 bits per heavy atom. The van der Waals surface area contributed by atoms with Gasteiger partial charge in [0.2, 0.25) is 0 Å². The molecule has 0 atom stereocenters. The highest BCUT2D eigenvalue weighted by Gasteiger charge is 2.20. The number of nitrogens with zero attached hydrogens (tertiary/aromatic N) is 2. The molecule has 0 N–H and O–H groups in total. The van der Waals surface area contributed by atoms with Crippen LogP contribution in [0, 0.1) is 19.8 Å². The van der Waals surface area contributed by atoms with Gasteiger partial charge in [0.1, 0.15) is 17.4 Å². The van der Waals surface area contributed by atoms with Gasteiger partial charge in [-0.2, -0.15) is 0 Å². The number of carbonyl (C=O) groups excluding carboxylic acids is 1. The summed E-state index contributed by atoms with van der Waals surface area (Å²) < 4.78 is 11.2. The first-order valence-electron chi connectivity index (χ1n) is 9.38. The smallest absolute Gasteiger partial charge is 0.289 e. The lowest BCUT2D eigenvalue weighted by molar-refractivity contribution is 0.0688. The van der Waals surface area contributed by atoms with Crippen molar-refractivity contribution in [3.05, 3.63) is 69.6 Å². The maximum absolute atomic E-state index is 12.7. The van der Waals surface area contributed by atoms with Gasteiger partial charge < -0.3 is 14.1 Å². The van der Waals surface area contributed by atoms with Gasteiger partial charge in [-0.15, -0.1) is 11.3 Å². The number of aromatic nitrogens is 1.